The number of carbonyl (C=O) groups excluding carboxylic acids is 2. The van der Waals surface area contributed by atoms with Gasteiger partial charge in [-0.3, -0.25) is 9.59 Å². The van der Waals surface area contributed by atoms with Gasteiger partial charge in [-0.15, -0.1) is 0 Å². The van der Waals surface area contributed by atoms with Gasteiger partial charge in [0.2, 0.25) is 0 Å². The van der Waals surface area contributed by atoms with Crippen LogP contribution in [-0.2, 0) is 25.7 Å². The fourth-order valence-corrected chi connectivity index (χ4v) is 4.84. The summed E-state index contributed by atoms with van der Waals surface area (Å²) in [6.45, 7) is 2.06. The Balaban J connectivity index is 1.60. The molecular formula is C21H24O5. The SMILES string of the molecule is C[C@H]1OC(=O)[C@@H]2C=C3[C@@H](CCC[C@@H]3O)[C@H](C(=O)OCc3ccccc3)[C@H]12. The molecule has 4 rings (SSSR count). The van der Waals surface area contributed by atoms with E-state index in [9.17, 15) is 14.7 Å². The molecule has 1 aliphatic heterocycles. The molecule has 1 N–H and O–H groups in total. The van der Waals surface area contributed by atoms with Crippen LogP contribution in [0.5, 0.6) is 0 Å². The summed E-state index contributed by atoms with van der Waals surface area (Å²) in [4.78, 5) is 25.3. The van der Waals surface area contributed by atoms with Crippen molar-refractivity contribution >= 4 is 11.9 Å². The Labute approximate surface area is 153 Å². The van der Waals surface area contributed by atoms with Crippen molar-refractivity contribution in [2.24, 2.45) is 23.7 Å². The average Bonchev–Trinajstić information content (AvgIpc) is 2.93. The van der Waals surface area contributed by atoms with Gasteiger partial charge in [0.25, 0.3) is 0 Å². The highest BCUT2D eigenvalue weighted by atomic mass is 16.6. The summed E-state index contributed by atoms with van der Waals surface area (Å²) in [5.74, 6) is -1.78. The summed E-state index contributed by atoms with van der Waals surface area (Å²) in [6.07, 6.45) is 3.34. The second-order valence-corrected chi connectivity index (χ2v) is 7.58. The lowest BCUT2D eigenvalue weighted by atomic mass is 9.62. The molecule has 0 bridgehead atoms. The van der Waals surface area contributed by atoms with Crippen LogP contribution in [0.3, 0.4) is 0 Å². The monoisotopic (exact) mass is 356 g/mol. The van der Waals surface area contributed by atoms with Crippen LogP contribution in [-0.4, -0.2) is 29.3 Å². The van der Waals surface area contributed by atoms with Gasteiger partial charge in [-0.2, -0.15) is 0 Å². The van der Waals surface area contributed by atoms with E-state index in [0.29, 0.717) is 6.42 Å². The maximum Gasteiger partial charge on any atom is 0.313 e. The van der Waals surface area contributed by atoms with Gasteiger partial charge in [0.05, 0.1) is 17.9 Å². The Morgan fingerprint density at radius 3 is 2.81 bits per heavy atom. The fourth-order valence-electron chi connectivity index (χ4n) is 4.84. The smallest absolute Gasteiger partial charge is 0.313 e. The van der Waals surface area contributed by atoms with Crippen molar-refractivity contribution in [2.45, 2.75) is 45.0 Å². The topological polar surface area (TPSA) is 72.8 Å². The van der Waals surface area contributed by atoms with Crippen LogP contribution >= 0.6 is 0 Å². The van der Waals surface area contributed by atoms with E-state index in [2.05, 4.69) is 0 Å². The van der Waals surface area contributed by atoms with Gasteiger partial charge in [-0.25, -0.2) is 0 Å². The van der Waals surface area contributed by atoms with Crippen molar-refractivity contribution in [2.75, 3.05) is 0 Å². The van der Waals surface area contributed by atoms with E-state index in [0.717, 1.165) is 24.0 Å². The quantitative estimate of drug-likeness (QED) is 0.666. The average molecular weight is 356 g/mol. The van der Waals surface area contributed by atoms with E-state index in [1.54, 1.807) is 0 Å². The minimum atomic E-state index is -0.581. The zero-order chi connectivity index (χ0) is 18.3. The standard InChI is InChI=1S/C21H24O5/c1-12-18-16(20(23)26-12)10-15-14(8-5-9-17(15)22)19(18)21(24)25-11-13-6-3-2-4-7-13/h2-4,6-7,10,12,14,16-19,22H,5,8-9,11H2,1H3/t12-,14-,16-,17+,18-,19+/m1/s1. The highest BCUT2D eigenvalue weighted by molar-refractivity contribution is 5.82. The predicted molar refractivity (Wildman–Crippen MR) is 93.7 cm³/mol. The Bertz CT molecular complexity index is 725. The Morgan fingerprint density at radius 2 is 2.04 bits per heavy atom. The number of ether oxygens (including phenoxy) is 2. The van der Waals surface area contributed by atoms with Gasteiger partial charge in [0.1, 0.15) is 12.7 Å². The molecule has 138 valence electrons. The molecule has 1 aromatic rings. The van der Waals surface area contributed by atoms with Gasteiger partial charge in [-0.05, 0) is 43.2 Å². The van der Waals surface area contributed by atoms with Gasteiger partial charge >= 0.3 is 11.9 Å². The van der Waals surface area contributed by atoms with Crippen molar-refractivity contribution in [3.63, 3.8) is 0 Å². The molecule has 6 atom stereocenters. The summed E-state index contributed by atoms with van der Waals surface area (Å²) in [7, 11) is 0. The number of cyclic esters (lactones) is 1. The third-order valence-corrected chi connectivity index (χ3v) is 6.05. The van der Waals surface area contributed by atoms with E-state index < -0.39 is 17.9 Å². The van der Waals surface area contributed by atoms with Crippen LogP contribution in [0.15, 0.2) is 42.0 Å². The summed E-state index contributed by atoms with van der Waals surface area (Å²) < 4.78 is 11.0. The predicted octanol–water partition coefficient (Wildman–Crippen LogP) is 2.62. The Hall–Kier alpha value is -2.14. The molecule has 0 spiro atoms. The zero-order valence-corrected chi connectivity index (χ0v) is 14.8. The first-order chi connectivity index (χ1) is 12.6. The lowest BCUT2D eigenvalue weighted by Gasteiger charge is -2.41. The number of hydrogen-bond donors (Lipinski definition) is 1. The lowest BCUT2D eigenvalue weighted by Crippen LogP contribution is -2.45. The van der Waals surface area contributed by atoms with Gasteiger partial charge in [0, 0.05) is 5.92 Å². The van der Waals surface area contributed by atoms with E-state index in [-0.39, 0.29) is 36.5 Å². The van der Waals surface area contributed by atoms with E-state index in [1.165, 1.54) is 0 Å². The maximum atomic E-state index is 13.0. The first-order valence-corrected chi connectivity index (χ1v) is 9.37. The molecule has 1 saturated carbocycles. The summed E-state index contributed by atoms with van der Waals surface area (Å²) in [6, 6.07) is 9.56. The highest BCUT2D eigenvalue weighted by Gasteiger charge is 2.55. The summed E-state index contributed by atoms with van der Waals surface area (Å²) >= 11 is 0. The number of aliphatic hydroxyl groups is 1. The van der Waals surface area contributed by atoms with Crippen LogP contribution in [0.25, 0.3) is 0 Å². The zero-order valence-electron chi connectivity index (χ0n) is 14.8. The van der Waals surface area contributed by atoms with Gasteiger partial charge in [-0.1, -0.05) is 36.4 Å². The molecule has 26 heavy (non-hydrogen) atoms. The second kappa shape index (κ2) is 6.88. The van der Waals surface area contributed by atoms with Gasteiger partial charge < -0.3 is 14.6 Å². The molecule has 0 radical (unpaired) electrons. The number of carbonyl (C=O) groups is 2. The molecule has 0 unspecified atom stereocenters. The summed E-state index contributed by atoms with van der Waals surface area (Å²) in [5, 5.41) is 10.4. The maximum absolute atomic E-state index is 13.0. The normalized spacial score (nSPS) is 35.8. The Kier molecular flexibility index (Phi) is 4.57. The number of benzene rings is 1. The van der Waals surface area contributed by atoms with Crippen LogP contribution < -0.4 is 0 Å². The fraction of sp³-hybridized carbons (Fsp3) is 0.524. The number of rotatable bonds is 3. The molecule has 1 saturated heterocycles. The minimum Gasteiger partial charge on any atom is -0.462 e. The van der Waals surface area contributed by atoms with E-state index in [1.807, 2.05) is 43.3 Å². The van der Waals surface area contributed by atoms with E-state index in [4.69, 9.17) is 9.47 Å². The molecule has 1 aromatic carbocycles. The second-order valence-electron chi connectivity index (χ2n) is 7.58. The third kappa shape index (κ3) is 2.94. The molecule has 0 amide bonds. The van der Waals surface area contributed by atoms with E-state index >= 15 is 0 Å². The highest BCUT2D eigenvalue weighted by Crippen LogP contribution is 2.50. The molecule has 5 nitrogen and oxygen atoms in total. The number of aliphatic hydroxyl groups excluding tert-OH is 1. The Morgan fingerprint density at radius 1 is 1.27 bits per heavy atom. The van der Waals surface area contributed by atoms with Crippen LogP contribution in [0.2, 0.25) is 0 Å². The molecule has 0 aromatic heterocycles. The lowest BCUT2D eigenvalue weighted by molar-refractivity contribution is -0.156. The minimum absolute atomic E-state index is 0.0692. The molecule has 5 heteroatoms. The van der Waals surface area contributed by atoms with Crippen LogP contribution in [0.4, 0.5) is 0 Å². The van der Waals surface area contributed by atoms with Crippen molar-refractivity contribution < 1.29 is 24.2 Å². The first kappa shape index (κ1) is 17.3. The number of fused-ring (bicyclic) bond motifs is 2. The number of esters is 2. The van der Waals surface area contributed by atoms with Crippen molar-refractivity contribution in [1.82, 2.24) is 0 Å². The number of hydrogen-bond acceptors (Lipinski definition) is 5. The molecule has 2 aliphatic carbocycles. The molecular weight excluding hydrogens is 332 g/mol. The van der Waals surface area contributed by atoms with Crippen molar-refractivity contribution in [3.8, 4) is 0 Å². The van der Waals surface area contributed by atoms with Crippen molar-refractivity contribution in [1.29, 1.82) is 0 Å². The molecule has 1 heterocycles. The van der Waals surface area contributed by atoms with Crippen molar-refractivity contribution in [3.05, 3.63) is 47.5 Å². The van der Waals surface area contributed by atoms with Crippen LogP contribution in [0.1, 0.15) is 31.7 Å². The molecule has 3 aliphatic rings. The third-order valence-electron chi connectivity index (χ3n) is 6.05. The van der Waals surface area contributed by atoms with Crippen LogP contribution in [0, 0.1) is 23.7 Å². The van der Waals surface area contributed by atoms with Gasteiger partial charge in [0.15, 0.2) is 0 Å². The molecule has 2 fully saturated rings. The summed E-state index contributed by atoms with van der Waals surface area (Å²) in [5.41, 5.74) is 1.75. The largest absolute Gasteiger partial charge is 0.462 e. The first-order valence-electron chi connectivity index (χ1n) is 9.37.